The first kappa shape index (κ1) is 11.3. The van der Waals surface area contributed by atoms with Crippen molar-refractivity contribution in [3.8, 4) is 0 Å². The van der Waals surface area contributed by atoms with E-state index in [-0.39, 0.29) is 0 Å². The van der Waals surface area contributed by atoms with E-state index in [4.69, 9.17) is 16.0 Å². The lowest BCUT2D eigenvalue weighted by Crippen LogP contribution is -1.98. The first-order valence-electron chi connectivity index (χ1n) is 5.82. The fourth-order valence-corrected chi connectivity index (χ4v) is 2.28. The number of hydrogen-bond acceptors (Lipinski definition) is 3. The Morgan fingerprint density at radius 1 is 1.22 bits per heavy atom. The maximum absolute atomic E-state index is 6.21. The molecule has 0 bridgehead atoms. The molecule has 0 spiro atoms. The highest BCUT2D eigenvalue weighted by Gasteiger charge is 2.09. The average Bonchev–Trinajstić information content (AvgIpc) is 2.98. The normalized spacial score (nSPS) is 11.2. The highest BCUT2D eigenvalue weighted by Crippen LogP contribution is 2.24. The molecule has 0 unspecified atom stereocenters. The van der Waals surface area contributed by atoms with E-state index in [0.717, 1.165) is 22.3 Å². The second-order valence-electron chi connectivity index (χ2n) is 4.06. The van der Waals surface area contributed by atoms with Crippen LogP contribution in [0.25, 0.3) is 10.9 Å². The van der Waals surface area contributed by atoms with Gasteiger partial charge in [-0.3, -0.25) is 0 Å². The van der Waals surface area contributed by atoms with Crippen LogP contribution in [-0.2, 0) is 13.0 Å². The molecule has 5 heteroatoms. The van der Waals surface area contributed by atoms with Crippen LogP contribution in [0.5, 0.6) is 0 Å². The van der Waals surface area contributed by atoms with Gasteiger partial charge in [-0.1, -0.05) is 30.7 Å². The first-order chi connectivity index (χ1) is 8.78. The van der Waals surface area contributed by atoms with Crippen LogP contribution >= 0.6 is 11.6 Å². The maximum atomic E-state index is 6.21. The van der Waals surface area contributed by atoms with Gasteiger partial charge in [-0.05, 0) is 12.1 Å². The summed E-state index contributed by atoms with van der Waals surface area (Å²) < 4.78 is 7.53. The highest BCUT2D eigenvalue weighted by atomic mass is 35.5. The molecule has 0 aliphatic heterocycles. The summed E-state index contributed by atoms with van der Waals surface area (Å²) in [5, 5.41) is 9.81. The lowest BCUT2D eigenvalue weighted by atomic mass is 10.2. The van der Waals surface area contributed by atoms with Crippen LogP contribution in [0.15, 0.2) is 34.9 Å². The number of hydrogen-bond donors (Lipinski definition) is 0. The third-order valence-corrected chi connectivity index (χ3v) is 3.16. The largest absolute Gasteiger partial charge is 0.423 e. The molecule has 0 radical (unpaired) electrons. The number of halogens is 1. The van der Waals surface area contributed by atoms with Crippen LogP contribution in [-0.4, -0.2) is 14.8 Å². The Kier molecular flexibility index (Phi) is 2.80. The van der Waals surface area contributed by atoms with E-state index in [1.807, 2.05) is 42.0 Å². The van der Waals surface area contributed by atoms with Crippen LogP contribution in [0.2, 0.25) is 5.02 Å². The molecule has 0 atom stereocenters. The molecule has 3 rings (SSSR count). The minimum Gasteiger partial charge on any atom is -0.423 e. The SMILES string of the molecule is CCc1nnc(Cn2ccc3cccc(Cl)c32)o1. The zero-order chi connectivity index (χ0) is 12.5. The topological polar surface area (TPSA) is 43.9 Å². The van der Waals surface area contributed by atoms with Crippen LogP contribution in [0.1, 0.15) is 18.7 Å². The molecule has 4 nitrogen and oxygen atoms in total. The molecule has 2 aromatic heterocycles. The molecule has 0 amide bonds. The van der Waals surface area contributed by atoms with Gasteiger partial charge in [0.05, 0.1) is 10.5 Å². The summed E-state index contributed by atoms with van der Waals surface area (Å²) in [6.45, 7) is 2.53. The number of aromatic nitrogens is 3. The molecule has 0 N–H and O–H groups in total. The van der Waals surface area contributed by atoms with Crippen LogP contribution in [0.3, 0.4) is 0 Å². The van der Waals surface area contributed by atoms with E-state index >= 15 is 0 Å². The van der Waals surface area contributed by atoms with E-state index in [1.54, 1.807) is 0 Å². The van der Waals surface area contributed by atoms with Gasteiger partial charge in [-0.2, -0.15) is 0 Å². The van der Waals surface area contributed by atoms with Crippen molar-refractivity contribution >= 4 is 22.5 Å². The van der Waals surface area contributed by atoms with E-state index in [2.05, 4.69) is 10.2 Å². The quantitative estimate of drug-likeness (QED) is 0.727. The van der Waals surface area contributed by atoms with Crippen molar-refractivity contribution in [3.63, 3.8) is 0 Å². The number of benzene rings is 1. The van der Waals surface area contributed by atoms with Gasteiger partial charge in [0.2, 0.25) is 11.8 Å². The summed E-state index contributed by atoms with van der Waals surface area (Å²) in [6, 6.07) is 7.88. The Labute approximate surface area is 109 Å². The number of aryl methyl sites for hydroxylation is 1. The smallest absolute Gasteiger partial charge is 0.236 e. The predicted molar refractivity (Wildman–Crippen MR) is 69.7 cm³/mol. The number of rotatable bonds is 3. The highest BCUT2D eigenvalue weighted by molar-refractivity contribution is 6.35. The summed E-state index contributed by atoms with van der Waals surface area (Å²) >= 11 is 6.21. The van der Waals surface area contributed by atoms with Crippen LogP contribution in [0, 0.1) is 0 Å². The molecule has 0 aliphatic carbocycles. The van der Waals surface area contributed by atoms with Gasteiger partial charge < -0.3 is 8.98 Å². The van der Waals surface area contributed by atoms with Crippen molar-refractivity contribution in [2.45, 2.75) is 19.9 Å². The van der Waals surface area contributed by atoms with Crippen molar-refractivity contribution in [1.82, 2.24) is 14.8 Å². The fraction of sp³-hybridized carbons (Fsp3) is 0.231. The van der Waals surface area contributed by atoms with Gasteiger partial charge in [0, 0.05) is 18.0 Å². The van der Waals surface area contributed by atoms with Crippen molar-refractivity contribution in [3.05, 3.63) is 47.3 Å². The Bertz CT molecular complexity index is 686. The van der Waals surface area contributed by atoms with Crippen molar-refractivity contribution in [2.24, 2.45) is 0 Å². The minimum atomic E-state index is 0.542. The second-order valence-corrected chi connectivity index (χ2v) is 4.47. The second kappa shape index (κ2) is 4.46. The molecule has 0 aliphatic rings. The molecular weight excluding hydrogens is 250 g/mol. The van der Waals surface area contributed by atoms with Gasteiger partial charge in [-0.15, -0.1) is 10.2 Å². The van der Waals surface area contributed by atoms with Crippen molar-refractivity contribution in [1.29, 1.82) is 0 Å². The number of nitrogens with zero attached hydrogens (tertiary/aromatic N) is 3. The standard InChI is InChI=1S/C13H12ClN3O/c1-2-11-15-16-12(18-11)8-17-7-6-9-4-3-5-10(14)13(9)17/h3-7H,2,8H2,1H3. The summed E-state index contributed by atoms with van der Waals surface area (Å²) in [7, 11) is 0. The Hall–Kier alpha value is -1.81. The number of fused-ring (bicyclic) bond motifs is 1. The minimum absolute atomic E-state index is 0.542. The molecule has 0 saturated carbocycles. The molecule has 3 aromatic rings. The van der Waals surface area contributed by atoms with E-state index in [1.165, 1.54) is 0 Å². The molecule has 18 heavy (non-hydrogen) atoms. The summed E-state index contributed by atoms with van der Waals surface area (Å²) in [5.41, 5.74) is 0.996. The average molecular weight is 262 g/mol. The Morgan fingerprint density at radius 3 is 2.83 bits per heavy atom. The van der Waals surface area contributed by atoms with E-state index < -0.39 is 0 Å². The third-order valence-electron chi connectivity index (χ3n) is 2.86. The van der Waals surface area contributed by atoms with Gasteiger partial charge in [-0.25, -0.2) is 0 Å². The zero-order valence-electron chi connectivity index (χ0n) is 9.93. The predicted octanol–water partition coefficient (Wildman–Crippen LogP) is 3.29. The van der Waals surface area contributed by atoms with Crippen LogP contribution < -0.4 is 0 Å². The van der Waals surface area contributed by atoms with Gasteiger partial charge in [0.25, 0.3) is 0 Å². The van der Waals surface area contributed by atoms with E-state index in [0.29, 0.717) is 18.3 Å². The fourth-order valence-electron chi connectivity index (χ4n) is 1.99. The molecule has 1 aromatic carbocycles. The Morgan fingerprint density at radius 2 is 2.06 bits per heavy atom. The van der Waals surface area contributed by atoms with Crippen molar-refractivity contribution < 1.29 is 4.42 Å². The molecular formula is C13H12ClN3O. The summed E-state index contributed by atoms with van der Waals surface area (Å²) in [5.74, 6) is 1.26. The zero-order valence-corrected chi connectivity index (χ0v) is 10.7. The summed E-state index contributed by atoms with van der Waals surface area (Å²) in [4.78, 5) is 0. The first-order valence-corrected chi connectivity index (χ1v) is 6.20. The molecule has 0 saturated heterocycles. The molecule has 0 fully saturated rings. The third kappa shape index (κ3) is 1.88. The monoisotopic (exact) mass is 261 g/mol. The molecule has 92 valence electrons. The Balaban J connectivity index is 1.99. The maximum Gasteiger partial charge on any atom is 0.236 e. The van der Waals surface area contributed by atoms with E-state index in [9.17, 15) is 0 Å². The van der Waals surface area contributed by atoms with Gasteiger partial charge >= 0.3 is 0 Å². The van der Waals surface area contributed by atoms with Crippen LogP contribution in [0.4, 0.5) is 0 Å². The lowest BCUT2D eigenvalue weighted by Gasteiger charge is -2.03. The van der Waals surface area contributed by atoms with Gasteiger partial charge in [0.15, 0.2) is 0 Å². The molecule has 2 heterocycles. The van der Waals surface area contributed by atoms with Crippen molar-refractivity contribution in [2.75, 3.05) is 0 Å². The van der Waals surface area contributed by atoms with Gasteiger partial charge in [0.1, 0.15) is 6.54 Å². The summed E-state index contributed by atoms with van der Waals surface area (Å²) in [6.07, 6.45) is 2.73. The lowest BCUT2D eigenvalue weighted by molar-refractivity contribution is 0.444. The number of para-hydroxylation sites is 1.